The van der Waals surface area contributed by atoms with Crippen LogP contribution in [0.25, 0.3) is 0 Å². The molecule has 0 radical (unpaired) electrons. The Labute approximate surface area is 195 Å². The fourth-order valence-corrected chi connectivity index (χ4v) is 2.79. The maximum absolute atomic E-state index is 12.1. The molecule has 1 unspecified atom stereocenters. The van der Waals surface area contributed by atoms with Gasteiger partial charge in [0.05, 0.1) is 13.2 Å². The fourth-order valence-electron chi connectivity index (χ4n) is 2.79. The summed E-state index contributed by atoms with van der Waals surface area (Å²) in [6.45, 7) is 5.54. The van der Waals surface area contributed by atoms with Gasteiger partial charge in [0, 0.05) is 19.0 Å². The van der Waals surface area contributed by atoms with Crippen LogP contribution in [0.1, 0.15) is 65.2 Å². The van der Waals surface area contributed by atoms with Crippen molar-refractivity contribution in [3.05, 3.63) is 48.6 Å². The molecule has 0 saturated heterocycles. The summed E-state index contributed by atoms with van der Waals surface area (Å²) >= 11 is 0. The lowest BCUT2D eigenvalue weighted by Gasteiger charge is -2.21. The van der Waals surface area contributed by atoms with Gasteiger partial charge in [-0.25, -0.2) is 4.79 Å². The van der Waals surface area contributed by atoms with Gasteiger partial charge in [-0.3, -0.25) is 4.79 Å². The normalized spacial score (nSPS) is 13.0. The van der Waals surface area contributed by atoms with Crippen molar-refractivity contribution in [1.29, 1.82) is 0 Å². The van der Waals surface area contributed by atoms with E-state index in [2.05, 4.69) is 55.6 Å². The smallest absolute Gasteiger partial charge is 0.407 e. The minimum atomic E-state index is -0.452. The van der Waals surface area contributed by atoms with E-state index in [1.165, 1.54) is 0 Å². The summed E-state index contributed by atoms with van der Waals surface area (Å²) in [5, 5.41) is 2.86. The summed E-state index contributed by atoms with van der Waals surface area (Å²) in [5.74, 6) is -0.245. The number of carbonyl (C=O) groups excluding carboxylic acids is 2. The predicted molar refractivity (Wildman–Crippen MR) is 133 cm³/mol. The van der Waals surface area contributed by atoms with Gasteiger partial charge in [0.15, 0.2) is 0 Å². The summed E-state index contributed by atoms with van der Waals surface area (Å²) in [4.78, 5) is 26.1. The minimum Gasteiger partial charge on any atom is -0.465 e. The quantitative estimate of drug-likeness (QED) is 0.169. The molecule has 6 heteroatoms. The van der Waals surface area contributed by atoms with Crippen LogP contribution in [-0.4, -0.2) is 56.9 Å². The number of nitrogens with zero attached hydrogens (tertiary/aromatic N) is 1. The molecule has 6 nitrogen and oxygen atoms in total. The van der Waals surface area contributed by atoms with Crippen LogP contribution in [0.4, 0.5) is 4.79 Å². The van der Waals surface area contributed by atoms with Crippen molar-refractivity contribution in [3.63, 3.8) is 0 Å². The summed E-state index contributed by atoms with van der Waals surface area (Å²) in [7, 11) is 3.86. The number of rotatable bonds is 18. The molecule has 0 aliphatic rings. The Kier molecular flexibility index (Phi) is 20.3. The predicted octanol–water partition coefficient (Wildman–Crippen LogP) is 5.57. The molecule has 182 valence electrons. The Morgan fingerprint density at radius 3 is 1.88 bits per heavy atom. The van der Waals surface area contributed by atoms with Crippen LogP contribution in [-0.2, 0) is 14.3 Å². The van der Waals surface area contributed by atoms with Gasteiger partial charge in [0.2, 0.25) is 0 Å². The molecular formula is C26H44N2O4. The van der Waals surface area contributed by atoms with Crippen molar-refractivity contribution in [2.24, 2.45) is 0 Å². The Morgan fingerprint density at radius 1 is 0.812 bits per heavy atom. The molecule has 0 spiro atoms. The van der Waals surface area contributed by atoms with Gasteiger partial charge in [0.25, 0.3) is 0 Å². The molecule has 1 N–H and O–H groups in total. The zero-order valence-electron chi connectivity index (χ0n) is 20.6. The van der Waals surface area contributed by atoms with Crippen molar-refractivity contribution in [1.82, 2.24) is 10.2 Å². The first kappa shape index (κ1) is 29.7. The SMILES string of the molecule is CC/C=C\C/C=C\CCOC(=O)CCC(CN(C)C)NC(=O)OCC/C=C\C/C=C\CC. The summed E-state index contributed by atoms with van der Waals surface area (Å²) < 4.78 is 10.5. The van der Waals surface area contributed by atoms with Crippen molar-refractivity contribution in [2.45, 2.75) is 71.3 Å². The third kappa shape index (κ3) is 20.9. The van der Waals surface area contributed by atoms with Crippen LogP contribution in [0.3, 0.4) is 0 Å². The highest BCUT2D eigenvalue weighted by Crippen LogP contribution is 2.03. The second-order valence-corrected chi connectivity index (χ2v) is 7.75. The molecule has 0 aromatic carbocycles. The first-order valence-corrected chi connectivity index (χ1v) is 11.8. The first-order chi connectivity index (χ1) is 15.5. The molecule has 0 aliphatic heterocycles. The monoisotopic (exact) mass is 448 g/mol. The number of nitrogens with one attached hydrogen (secondary N) is 1. The highest BCUT2D eigenvalue weighted by Gasteiger charge is 2.16. The van der Waals surface area contributed by atoms with Gasteiger partial charge < -0.3 is 19.7 Å². The van der Waals surface area contributed by atoms with Gasteiger partial charge in [-0.1, -0.05) is 62.5 Å². The number of carbonyl (C=O) groups is 2. The molecule has 32 heavy (non-hydrogen) atoms. The lowest BCUT2D eigenvalue weighted by Crippen LogP contribution is -2.42. The van der Waals surface area contributed by atoms with E-state index in [9.17, 15) is 9.59 Å². The van der Waals surface area contributed by atoms with Crippen molar-refractivity contribution in [2.75, 3.05) is 33.9 Å². The largest absolute Gasteiger partial charge is 0.465 e. The highest BCUT2D eigenvalue weighted by atomic mass is 16.5. The molecule has 0 saturated carbocycles. The second kappa shape index (κ2) is 21.9. The van der Waals surface area contributed by atoms with E-state index in [1.54, 1.807) is 0 Å². The molecular weight excluding hydrogens is 404 g/mol. The minimum absolute atomic E-state index is 0.176. The van der Waals surface area contributed by atoms with Gasteiger partial charge in [-0.05, 0) is 59.0 Å². The van der Waals surface area contributed by atoms with Crippen LogP contribution in [0.2, 0.25) is 0 Å². The number of hydrogen-bond acceptors (Lipinski definition) is 5. The molecule has 0 heterocycles. The number of amides is 1. The number of ether oxygens (including phenoxy) is 2. The molecule has 1 amide bonds. The van der Waals surface area contributed by atoms with E-state index in [1.807, 2.05) is 31.1 Å². The van der Waals surface area contributed by atoms with Crippen LogP contribution in [0, 0.1) is 0 Å². The average Bonchev–Trinajstić information content (AvgIpc) is 2.75. The molecule has 0 bridgehead atoms. The zero-order chi connectivity index (χ0) is 23.9. The number of likely N-dealkylation sites (N-methyl/N-ethyl adjacent to an activating group) is 1. The van der Waals surface area contributed by atoms with E-state index in [0.717, 1.165) is 25.7 Å². The van der Waals surface area contributed by atoms with E-state index < -0.39 is 6.09 Å². The number of hydrogen-bond donors (Lipinski definition) is 1. The molecule has 1 atom stereocenters. The molecule has 0 aromatic rings. The third-order valence-corrected chi connectivity index (χ3v) is 4.35. The van der Waals surface area contributed by atoms with E-state index in [-0.39, 0.29) is 18.4 Å². The standard InChI is InChI=1S/C26H44N2O4/c1-5-7-9-11-13-15-17-21-31-25(29)20-19-24(23-28(3)4)27-26(30)32-22-18-16-14-12-10-8-6-2/h7-10,13-16,24H,5-6,11-12,17-23H2,1-4H3,(H,27,30)/b9-7-,10-8-,15-13-,16-14-. The molecule has 0 fully saturated rings. The van der Waals surface area contributed by atoms with Crippen molar-refractivity contribution in [3.8, 4) is 0 Å². The van der Waals surface area contributed by atoms with Crippen LogP contribution >= 0.6 is 0 Å². The van der Waals surface area contributed by atoms with E-state index in [0.29, 0.717) is 39.0 Å². The zero-order valence-corrected chi connectivity index (χ0v) is 20.6. The van der Waals surface area contributed by atoms with Crippen LogP contribution < -0.4 is 5.32 Å². The Morgan fingerprint density at radius 2 is 1.34 bits per heavy atom. The van der Waals surface area contributed by atoms with E-state index >= 15 is 0 Å². The van der Waals surface area contributed by atoms with Gasteiger partial charge in [0.1, 0.15) is 0 Å². The van der Waals surface area contributed by atoms with Crippen molar-refractivity contribution < 1.29 is 19.1 Å². The lowest BCUT2D eigenvalue weighted by atomic mass is 10.1. The molecule has 0 aliphatic carbocycles. The topological polar surface area (TPSA) is 67.9 Å². The Balaban J connectivity index is 4.11. The molecule has 0 aromatic heterocycles. The van der Waals surface area contributed by atoms with Crippen LogP contribution in [0.5, 0.6) is 0 Å². The van der Waals surface area contributed by atoms with Gasteiger partial charge in [-0.15, -0.1) is 0 Å². The average molecular weight is 449 g/mol. The highest BCUT2D eigenvalue weighted by molar-refractivity contribution is 5.70. The maximum atomic E-state index is 12.1. The first-order valence-electron chi connectivity index (χ1n) is 11.8. The van der Waals surface area contributed by atoms with Crippen molar-refractivity contribution >= 4 is 12.1 Å². The van der Waals surface area contributed by atoms with Gasteiger partial charge >= 0.3 is 12.1 Å². The third-order valence-electron chi connectivity index (χ3n) is 4.35. The lowest BCUT2D eigenvalue weighted by molar-refractivity contribution is -0.143. The number of esters is 1. The number of alkyl carbamates (subject to hydrolysis) is 1. The van der Waals surface area contributed by atoms with Gasteiger partial charge in [-0.2, -0.15) is 0 Å². The second-order valence-electron chi connectivity index (χ2n) is 7.75. The summed E-state index contributed by atoms with van der Waals surface area (Å²) in [6.07, 6.45) is 22.2. The maximum Gasteiger partial charge on any atom is 0.407 e. The number of allylic oxidation sites excluding steroid dienone is 6. The Hall–Kier alpha value is -2.34. The van der Waals surface area contributed by atoms with Crippen LogP contribution in [0.15, 0.2) is 48.6 Å². The Bertz CT molecular complexity index is 595. The summed E-state index contributed by atoms with van der Waals surface area (Å²) in [6, 6.07) is -0.176. The van der Waals surface area contributed by atoms with E-state index in [4.69, 9.17) is 9.47 Å². The molecule has 0 rings (SSSR count). The summed E-state index contributed by atoms with van der Waals surface area (Å²) in [5.41, 5.74) is 0. The fraction of sp³-hybridized carbons (Fsp3) is 0.615.